The van der Waals surface area contributed by atoms with Crippen molar-refractivity contribution in [3.05, 3.63) is 58.8 Å². The molecule has 4 rings (SSSR count). The van der Waals surface area contributed by atoms with Gasteiger partial charge in [-0.05, 0) is 62.6 Å². The summed E-state index contributed by atoms with van der Waals surface area (Å²) in [7, 11) is 1.93. The quantitative estimate of drug-likeness (QED) is 0.450. The molecule has 0 aliphatic rings. The topological polar surface area (TPSA) is 75.6 Å². The highest BCUT2D eigenvalue weighted by Gasteiger charge is 2.15. The van der Waals surface area contributed by atoms with Crippen molar-refractivity contribution in [3.8, 4) is 11.4 Å². The molecule has 0 unspecified atom stereocenters. The predicted molar refractivity (Wildman–Crippen MR) is 123 cm³/mol. The number of carbonyl (C=O) groups excluding carboxylic acids is 1. The Morgan fingerprint density at radius 2 is 1.83 bits per heavy atom. The van der Waals surface area contributed by atoms with E-state index in [1.54, 1.807) is 0 Å². The maximum atomic E-state index is 12.5. The molecule has 2 aromatic heterocycles. The summed E-state index contributed by atoms with van der Waals surface area (Å²) < 4.78 is 1.94. The first-order chi connectivity index (χ1) is 14.3. The molecule has 0 atom stereocenters. The molecular weight excluding hydrogens is 394 g/mol. The number of aromatic nitrogens is 4. The van der Waals surface area contributed by atoms with Gasteiger partial charge in [-0.3, -0.25) is 4.79 Å². The molecule has 0 fully saturated rings. The van der Waals surface area contributed by atoms with Gasteiger partial charge in [0.25, 0.3) is 0 Å². The van der Waals surface area contributed by atoms with E-state index in [2.05, 4.69) is 46.5 Å². The Morgan fingerprint density at radius 3 is 2.57 bits per heavy atom. The zero-order valence-electron chi connectivity index (χ0n) is 17.8. The number of nitrogens with zero attached hydrogens (tertiary/aromatic N) is 3. The van der Waals surface area contributed by atoms with Crippen LogP contribution in [-0.4, -0.2) is 31.4 Å². The zero-order chi connectivity index (χ0) is 21.4. The molecule has 0 aliphatic heterocycles. The molecule has 4 aromatic rings. The fourth-order valence-corrected chi connectivity index (χ4v) is 4.32. The maximum absolute atomic E-state index is 12.5. The molecule has 0 radical (unpaired) electrons. The largest absolute Gasteiger partial charge is 0.358 e. The van der Waals surface area contributed by atoms with Crippen LogP contribution in [0.5, 0.6) is 0 Å². The van der Waals surface area contributed by atoms with E-state index in [0.717, 1.165) is 33.7 Å². The summed E-state index contributed by atoms with van der Waals surface area (Å²) in [5.74, 6) is 1.00. The molecule has 2 heterocycles. The molecule has 0 spiro atoms. The average Bonchev–Trinajstić information content (AvgIpc) is 3.22. The van der Waals surface area contributed by atoms with Crippen LogP contribution < -0.4 is 5.32 Å². The van der Waals surface area contributed by atoms with Gasteiger partial charge >= 0.3 is 0 Å². The third kappa shape index (κ3) is 3.73. The monoisotopic (exact) mass is 419 g/mol. The number of hydrogen-bond donors (Lipinski definition) is 2. The van der Waals surface area contributed by atoms with E-state index in [4.69, 9.17) is 0 Å². The Labute approximate surface area is 180 Å². The van der Waals surface area contributed by atoms with Crippen molar-refractivity contribution >= 4 is 34.3 Å². The van der Waals surface area contributed by atoms with Gasteiger partial charge in [0.15, 0.2) is 11.0 Å². The number of hydrogen-bond acceptors (Lipinski definition) is 4. The Balaban J connectivity index is 1.50. The normalized spacial score (nSPS) is 11.2. The summed E-state index contributed by atoms with van der Waals surface area (Å²) in [6.45, 7) is 8.19. The Morgan fingerprint density at radius 1 is 1.10 bits per heavy atom. The number of aromatic amines is 1. The number of rotatable bonds is 5. The van der Waals surface area contributed by atoms with Crippen LogP contribution in [0.4, 0.5) is 5.69 Å². The lowest BCUT2D eigenvalue weighted by Crippen LogP contribution is -2.16. The van der Waals surface area contributed by atoms with Crippen molar-refractivity contribution in [3.63, 3.8) is 0 Å². The molecule has 0 saturated carbocycles. The van der Waals surface area contributed by atoms with Crippen LogP contribution in [0.2, 0.25) is 0 Å². The summed E-state index contributed by atoms with van der Waals surface area (Å²) in [6.07, 6.45) is 0. The number of aryl methyl sites for hydroxylation is 4. The molecule has 0 saturated heterocycles. The number of anilines is 1. The van der Waals surface area contributed by atoms with Gasteiger partial charge in [-0.1, -0.05) is 30.0 Å². The molecule has 6 nitrogen and oxygen atoms in total. The molecule has 30 heavy (non-hydrogen) atoms. The molecule has 154 valence electrons. The van der Waals surface area contributed by atoms with Gasteiger partial charge in [-0.25, -0.2) is 0 Å². The number of carbonyl (C=O) groups is 1. The highest BCUT2D eigenvalue weighted by atomic mass is 32.2. The van der Waals surface area contributed by atoms with E-state index in [1.807, 2.05) is 49.7 Å². The highest BCUT2D eigenvalue weighted by molar-refractivity contribution is 7.99. The minimum Gasteiger partial charge on any atom is -0.358 e. The van der Waals surface area contributed by atoms with Crippen LogP contribution in [0, 0.1) is 27.7 Å². The standard InChI is InChI=1S/C23H25N5OS/c1-13-7-6-8-14(2)21(13)25-20(29)12-30-23-27-26-22(28(23)5)17-9-10-19-18(11-17)15(3)16(4)24-19/h6-11,24H,12H2,1-5H3,(H,25,29). The van der Waals surface area contributed by atoms with Crippen LogP contribution in [0.3, 0.4) is 0 Å². The van der Waals surface area contributed by atoms with E-state index in [1.165, 1.54) is 28.4 Å². The van der Waals surface area contributed by atoms with E-state index in [0.29, 0.717) is 5.16 Å². The highest BCUT2D eigenvalue weighted by Crippen LogP contribution is 2.28. The summed E-state index contributed by atoms with van der Waals surface area (Å²) in [4.78, 5) is 15.9. The predicted octanol–water partition coefficient (Wildman–Crippen LogP) is 4.93. The molecule has 1 amide bonds. The van der Waals surface area contributed by atoms with Gasteiger partial charge in [0.1, 0.15) is 0 Å². The fourth-order valence-electron chi connectivity index (χ4n) is 3.61. The van der Waals surface area contributed by atoms with Crippen molar-refractivity contribution in [1.82, 2.24) is 19.7 Å². The smallest absolute Gasteiger partial charge is 0.234 e. The fraction of sp³-hybridized carbons (Fsp3) is 0.261. The number of fused-ring (bicyclic) bond motifs is 1. The van der Waals surface area contributed by atoms with Crippen LogP contribution in [-0.2, 0) is 11.8 Å². The van der Waals surface area contributed by atoms with E-state index >= 15 is 0 Å². The molecule has 2 N–H and O–H groups in total. The Kier molecular flexibility index (Phi) is 5.39. The number of nitrogens with one attached hydrogen (secondary N) is 2. The minimum atomic E-state index is -0.0539. The van der Waals surface area contributed by atoms with Gasteiger partial charge in [0.2, 0.25) is 5.91 Å². The lowest BCUT2D eigenvalue weighted by Gasteiger charge is -2.11. The summed E-state index contributed by atoms with van der Waals surface area (Å²) in [5.41, 5.74) is 7.53. The molecule has 2 aromatic carbocycles. The lowest BCUT2D eigenvalue weighted by atomic mass is 10.1. The van der Waals surface area contributed by atoms with Crippen molar-refractivity contribution in [2.24, 2.45) is 7.05 Å². The maximum Gasteiger partial charge on any atom is 0.234 e. The first-order valence-corrected chi connectivity index (χ1v) is 10.8. The zero-order valence-corrected chi connectivity index (χ0v) is 18.6. The van der Waals surface area contributed by atoms with E-state index in [-0.39, 0.29) is 11.7 Å². The number of para-hydroxylation sites is 1. The second-order valence-electron chi connectivity index (χ2n) is 7.60. The SMILES string of the molecule is Cc1cccc(C)c1NC(=O)CSc1nnc(-c2ccc3[nH]c(C)c(C)c3c2)n1C. The number of H-pyrrole nitrogens is 1. The van der Waals surface area contributed by atoms with Gasteiger partial charge in [-0.2, -0.15) is 0 Å². The first-order valence-electron chi connectivity index (χ1n) is 9.82. The summed E-state index contributed by atoms with van der Waals surface area (Å²) >= 11 is 1.38. The van der Waals surface area contributed by atoms with Crippen molar-refractivity contribution in [2.45, 2.75) is 32.9 Å². The minimum absolute atomic E-state index is 0.0539. The number of amides is 1. The molecule has 0 aliphatic carbocycles. The molecule has 0 bridgehead atoms. The summed E-state index contributed by atoms with van der Waals surface area (Å²) in [6, 6.07) is 12.2. The van der Waals surface area contributed by atoms with Crippen LogP contribution in [0.1, 0.15) is 22.4 Å². The van der Waals surface area contributed by atoms with E-state index in [9.17, 15) is 4.79 Å². The Bertz CT molecular complexity index is 1230. The first kappa shape index (κ1) is 20.2. The Hall–Kier alpha value is -3.06. The average molecular weight is 420 g/mol. The van der Waals surface area contributed by atoms with Crippen LogP contribution in [0.25, 0.3) is 22.3 Å². The van der Waals surface area contributed by atoms with Crippen molar-refractivity contribution < 1.29 is 4.79 Å². The third-order valence-electron chi connectivity index (χ3n) is 5.48. The molecule has 7 heteroatoms. The van der Waals surface area contributed by atoms with Crippen LogP contribution in [0.15, 0.2) is 41.6 Å². The van der Waals surface area contributed by atoms with Crippen molar-refractivity contribution in [2.75, 3.05) is 11.1 Å². The van der Waals surface area contributed by atoms with Gasteiger partial charge in [-0.15, -0.1) is 10.2 Å². The van der Waals surface area contributed by atoms with Gasteiger partial charge in [0.05, 0.1) is 5.75 Å². The van der Waals surface area contributed by atoms with E-state index < -0.39 is 0 Å². The second-order valence-corrected chi connectivity index (χ2v) is 8.55. The van der Waals surface area contributed by atoms with Crippen LogP contribution >= 0.6 is 11.8 Å². The van der Waals surface area contributed by atoms with Gasteiger partial charge in [0, 0.05) is 34.9 Å². The number of benzene rings is 2. The summed E-state index contributed by atoms with van der Waals surface area (Å²) in [5, 5.41) is 13.6. The van der Waals surface area contributed by atoms with Gasteiger partial charge < -0.3 is 14.9 Å². The molecular formula is C23H25N5OS. The second kappa shape index (κ2) is 7.99. The van der Waals surface area contributed by atoms with Crippen molar-refractivity contribution in [1.29, 1.82) is 0 Å². The lowest BCUT2D eigenvalue weighted by molar-refractivity contribution is -0.113. The third-order valence-corrected chi connectivity index (χ3v) is 6.50. The number of thioether (sulfide) groups is 1.